The van der Waals surface area contributed by atoms with Crippen molar-refractivity contribution in [3.8, 4) is 33.4 Å². The Morgan fingerprint density at radius 3 is 1.71 bits per heavy atom. The van der Waals surface area contributed by atoms with Gasteiger partial charge in [-0.15, -0.1) is 0 Å². The summed E-state index contributed by atoms with van der Waals surface area (Å²) in [5.74, 6) is 0. The van der Waals surface area contributed by atoms with Gasteiger partial charge in [-0.25, -0.2) is 0 Å². The van der Waals surface area contributed by atoms with Crippen LogP contribution in [0.25, 0.3) is 76.9 Å². The number of hydrogen-bond donors (Lipinski definition) is 0. The van der Waals surface area contributed by atoms with Crippen molar-refractivity contribution in [2.45, 2.75) is 5.41 Å². The van der Waals surface area contributed by atoms with Crippen LogP contribution in [-0.2, 0) is 5.41 Å². The molecule has 0 radical (unpaired) electrons. The van der Waals surface area contributed by atoms with E-state index in [1.165, 1.54) is 71.8 Å². The van der Waals surface area contributed by atoms with Gasteiger partial charge >= 0.3 is 0 Å². The quantitative estimate of drug-likeness (QED) is 0.159. The predicted molar refractivity (Wildman–Crippen MR) is 272 cm³/mol. The van der Waals surface area contributed by atoms with E-state index in [2.05, 4.69) is 254 Å². The molecule has 0 spiro atoms. The van der Waals surface area contributed by atoms with Gasteiger partial charge in [0.1, 0.15) is 11.2 Å². The maximum atomic E-state index is 7.00. The van der Waals surface area contributed by atoms with Gasteiger partial charge < -0.3 is 9.32 Å². The Morgan fingerprint density at radius 2 is 0.938 bits per heavy atom. The van der Waals surface area contributed by atoms with E-state index >= 15 is 0 Å². The van der Waals surface area contributed by atoms with Gasteiger partial charge in [-0.05, 0) is 120 Å². The van der Waals surface area contributed by atoms with Gasteiger partial charge in [0.2, 0.25) is 0 Å². The molecule has 0 amide bonds. The van der Waals surface area contributed by atoms with Crippen molar-refractivity contribution in [3.63, 3.8) is 0 Å². The Kier molecular flexibility index (Phi) is 8.47. The molecule has 0 saturated carbocycles. The highest BCUT2D eigenvalue weighted by Gasteiger charge is 2.46. The second-order valence-corrected chi connectivity index (χ2v) is 17.2. The number of anilines is 3. The summed E-state index contributed by atoms with van der Waals surface area (Å²) in [7, 11) is 0. The molecule has 0 unspecified atom stereocenters. The van der Waals surface area contributed by atoms with Gasteiger partial charge in [0.25, 0.3) is 0 Å². The minimum absolute atomic E-state index is 0.546. The smallest absolute Gasteiger partial charge is 0.143 e. The standard InChI is InChI=1S/C63H41NO/c1-4-17-42(18-5-1)44-33-35-49(36-34-44)64(50-37-38-53-52-26-14-15-28-57(52)63(58(53)40-50,47-21-6-2-7-22-47)48-23-8-3-9-24-48)59-29-16-30-60-61(59)56-41-55(51-25-12-13-27-54(51)62(56)65-60)46-32-31-43-19-10-11-20-45(43)39-46/h1-41H. The molecule has 0 bridgehead atoms. The highest BCUT2D eigenvalue weighted by atomic mass is 16.3. The van der Waals surface area contributed by atoms with Gasteiger partial charge in [-0.2, -0.15) is 0 Å². The first-order valence-corrected chi connectivity index (χ1v) is 22.4. The minimum atomic E-state index is -0.546. The summed E-state index contributed by atoms with van der Waals surface area (Å²) in [6.07, 6.45) is 0. The fourth-order valence-corrected chi connectivity index (χ4v) is 10.8. The Morgan fingerprint density at radius 1 is 0.338 bits per heavy atom. The molecule has 0 fully saturated rings. The first-order chi connectivity index (χ1) is 32.2. The Balaban J connectivity index is 1.09. The van der Waals surface area contributed by atoms with E-state index in [-0.39, 0.29) is 0 Å². The first-order valence-electron chi connectivity index (χ1n) is 22.4. The number of rotatable bonds is 7. The van der Waals surface area contributed by atoms with Crippen molar-refractivity contribution in [2.75, 3.05) is 4.90 Å². The van der Waals surface area contributed by atoms with Crippen molar-refractivity contribution in [1.82, 2.24) is 0 Å². The lowest BCUT2D eigenvalue weighted by molar-refractivity contribution is 0.672. The molecule has 65 heavy (non-hydrogen) atoms. The molecule has 0 N–H and O–H groups in total. The maximum absolute atomic E-state index is 7.00. The Labute approximate surface area is 377 Å². The Bertz CT molecular complexity index is 3720. The van der Waals surface area contributed by atoms with Crippen LogP contribution in [0, 0.1) is 0 Å². The first kappa shape index (κ1) is 37.1. The molecule has 304 valence electrons. The van der Waals surface area contributed by atoms with E-state index in [4.69, 9.17) is 4.42 Å². The van der Waals surface area contributed by atoms with Crippen molar-refractivity contribution in [1.29, 1.82) is 0 Å². The molecule has 0 atom stereocenters. The van der Waals surface area contributed by atoms with E-state index < -0.39 is 5.41 Å². The van der Waals surface area contributed by atoms with Crippen LogP contribution in [0.5, 0.6) is 0 Å². The zero-order valence-electron chi connectivity index (χ0n) is 35.5. The summed E-state index contributed by atoms with van der Waals surface area (Å²) in [6.45, 7) is 0. The summed E-state index contributed by atoms with van der Waals surface area (Å²) >= 11 is 0. The van der Waals surface area contributed by atoms with Gasteiger partial charge in [0.05, 0.1) is 16.5 Å². The molecule has 13 rings (SSSR count). The SMILES string of the molecule is c1ccc(-c2ccc(N(c3ccc4c(c3)C(c3ccccc3)(c3ccccc3)c3ccccc3-4)c3cccc4oc5c6ccccc6c(-c6ccc7ccccc7c6)cc5c34)cc2)cc1. The van der Waals surface area contributed by atoms with Crippen LogP contribution in [0.4, 0.5) is 17.1 Å². The third-order valence-corrected chi connectivity index (χ3v) is 13.7. The van der Waals surface area contributed by atoms with Crippen molar-refractivity contribution in [2.24, 2.45) is 0 Å². The zero-order valence-corrected chi connectivity index (χ0v) is 35.5. The Hall–Kier alpha value is -8.46. The molecule has 1 aliphatic rings. The summed E-state index contributed by atoms with van der Waals surface area (Å²) in [5, 5.41) is 6.87. The molecule has 12 aromatic rings. The summed E-state index contributed by atoms with van der Waals surface area (Å²) in [6, 6.07) is 90.8. The lowest BCUT2D eigenvalue weighted by Crippen LogP contribution is -2.28. The van der Waals surface area contributed by atoms with Gasteiger partial charge in [-0.3, -0.25) is 0 Å². The van der Waals surface area contributed by atoms with Crippen LogP contribution in [0.1, 0.15) is 22.3 Å². The average molecular weight is 828 g/mol. The zero-order chi connectivity index (χ0) is 42.9. The largest absolute Gasteiger partial charge is 0.455 e. The summed E-state index contributed by atoms with van der Waals surface area (Å²) in [5.41, 5.74) is 16.6. The van der Waals surface area contributed by atoms with E-state index in [9.17, 15) is 0 Å². The summed E-state index contributed by atoms with van der Waals surface area (Å²) < 4.78 is 7.00. The van der Waals surface area contributed by atoms with Crippen LogP contribution in [0.15, 0.2) is 253 Å². The van der Waals surface area contributed by atoms with Gasteiger partial charge in [0.15, 0.2) is 0 Å². The normalized spacial score (nSPS) is 12.7. The molecule has 2 heteroatoms. The van der Waals surface area contributed by atoms with Crippen LogP contribution < -0.4 is 4.90 Å². The topological polar surface area (TPSA) is 16.4 Å². The predicted octanol–water partition coefficient (Wildman–Crippen LogP) is 17.1. The molecule has 11 aromatic carbocycles. The van der Waals surface area contributed by atoms with E-state index in [0.29, 0.717) is 0 Å². The van der Waals surface area contributed by atoms with Gasteiger partial charge in [0, 0.05) is 22.1 Å². The van der Waals surface area contributed by atoms with Crippen molar-refractivity contribution in [3.05, 3.63) is 271 Å². The minimum Gasteiger partial charge on any atom is -0.455 e. The van der Waals surface area contributed by atoms with Crippen LogP contribution in [-0.4, -0.2) is 0 Å². The number of hydrogen-bond acceptors (Lipinski definition) is 2. The lowest BCUT2D eigenvalue weighted by atomic mass is 9.67. The fourth-order valence-electron chi connectivity index (χ4n) is 10.8. The molecule has 0 saturated heterocycles. The molecule has 2 nitrogen and oxygen atoms in total. The molecule has 0 aliphatic heterocycles. The number of benzene rings is 11. The molecule has 1 aliphatic carbocycles. The number of fused-ring (bicyclic) bond motifs is 9. The molecular weight excluding hydrogens is 787 g/mol. The van der Waals surface area contributed by atoms with Crippen LogP contribution >= 0.6 is 0 Å². The second kappa shape index (κ2) is 14.8. The van der Waals surface area contributed by atoms with E-state index in [0.717, 1.165) is 44.4 Å². The third kappa shape index (κ3) is 5.74. The van der Waals surface area contributed by atoms with Crippen molar-refractivity contribution < 1.29 is 4.42 Å². The van der Waals surface area contributed by atoms with E-state index in [1.807, 2.05) is 0 Å². The second-order valence-electron chi connectivity index (χ2n) is 17.2. The van der Waals surface area contributed by atoms with Crippen LogP contribution in [0.3, 0.4) is 0 Å². The number of furan rings is 1. The van der Waals surface area contributed by atoms with Crippen molar-refractivity contribution >= 4 is 60.5 Å². The van der Waals surface area contributed by atoms with Gasteiger partial charge in [-0.1, -0.05) is 200 Å². The number of nitrogens with zero attached hydrogens (tertiary/aromatic N) is 1. The highest BCUT2D eigenvalue weighted by Crippen LogP contribution is 2.57. The lowest BCUT2D eigenvalue weighted by Gasteiger charge is -2.35. The highest BCUT2D eigenvalue weighted by molar-refractivity contribution is 6.22. The molecule has 1 aromatic heterocycles. The summed E-state index contributed by atoms with van der Waals surface area (Å²) in [4.78, 5) is 2.45. The third-order valence-electron chi connectivity index (χ3n) is 13.7. The average Bonchev–Trinajstić information content (AvgIpc) is 3.91. The monoisotopic (exact) mass is 827 g/mol. The van der Waals surface area contributed by atoms with Crippen LogP contribution in [0.2, 0.25) is 0 Å². The maximum Gasteiger partial charge on any atom is 0.143 e. The fraction of sp³-hybridized carbons (Fsp3) is 0.0159. The van der Waals surface area contributed by atoms with E-state index in [1.54, 1.807) is 0 Å². The molecular formula is C63H41NO. The molecule has 1 heterocycles.